The molecule has 0 aliphatic heterocycles. The van der Waals surface area contributed by atoms with E-state index >= 15 is 0 Å². The Labute approximate surface area is 128 Å². The molecule has 0 aromatic heterocycles. The van der Waals surface area contributed by atoms with Crippen LogP contribution < -0.4 is 5.32 Å². The maximum absolute atomic E-state index is 12.3. The van der Waals surface area contributed by atoms with Crippen LogP contribution in [0.2, 0.25) is 5.02 Å². The van der Waals surface area contributed by atoms with E-state index in [1.807, 2.05) is 6.07 Å². The number of carbonyl (C=O) groups excluding carboxylic acids is 1. The highest BCUT2D eigenvalue weighted by molar-refractivity contribution is 6.30. The number of aliphatic hydroxyl groups is 1. The number of amides is 1. The van der Waals surface area contributed by atoms with Gasteiger partial charge in [0.15, 0.2) is 0 Å². The summed E-state index contributed by atoms with van der Waals surface area (Å²) in [6, 6.07) is 14.0. The number of hydrogen-bond acceptors (Lipinski definition) is 2. The summed E-state index contributed by atoms with van der Waals surface area (Å²) >= 11 is 5.81. The summed E-state index contributed by atoms with van der Waals surface area (Å²) in [5.41, 5.74) is 1.80. The van der Waals surface area contributed by atoms with Gasteiger partial charge in [-0.1, -0.05) is 35.6 Å². The van der Waals surface area contributed by atoms with Gasteiger partial charge in [-0.05, 0) is 36.4 Å². The summed E-state index contributed by atoms with van der Waals surface area (Å²) < 4.78 is 0. The van der Waals surface area contributed by atoms with Crippen LogP contribution in [-0.4, -0.2) is 17.6 Å². The van der Waals surface area contributed by atoms with Gasteiger partial charge in [0, 0.05) is 22.7 Å². The Morgan fingerprint density at radius 1 is 1.14 bits per heavy atom. The lowest BCUT2D eigenvalue weighted by Crippen LogP contribution is -2.13. The smallest absolute Gasteiger partial charge is 0.256 e. The number of halogens is 1. The van der Waals surface area contributed by atoms with E-state index in [1.54, 1.807) is 42.5 Å². The number of rotatable bonds is 3. The topological polar surface area (TPSA) is 49.3 Å². The molecule has 106 valence electrons. The highest BCUT2D eigenvalue weighted by Gasteiger charge is 2.09. The average molecular weight is 300 g/mol. The van der Waals surface area contributed by atoms with E-state index in [0.717, 1.165) is 0 Å². The molecule has 0 aliphatic rings. The standard InChI is InChI=1S/C17H14ClNO2/c18-14-8-10-15(11-9-14)19-17(21)16-7-2-1-5-13(16)6-3-4-12-20/h1-2,5,7-11,20H,4,12H2,(H,19,21). The molecule has 3 nitrogen and oxygen atoms in total. The molecule has 0 fully saturated rings. The molecule has 2 aromatic rings. The molecule has 4 heteroatoms. The lowest BCUT2D eigenvalue weighted by Gasteiger charge is -2.07. The van der Waals surface area contributed by atoms with Gasteiger partial charge in [-0.2, -0.15) is 0 Å². The molecule has 21 heavy (non-hydrogen) atoms. The van der Waals surface area contributed by atoms with Gasteiger partial charge < -0.3 is 10.4 Å². The van der Waals surface area contributed by atoms with Crippen molar-refractivity contribution in [1.82, 2.24) is 0 Å². The third-order valence-corrected chi connectivity index (χ3v) is 2.99. The minimum Gasteiger partial charge on any atom is -0.395 e. The number of aliphatic hydroxyl groups excluding tert-OH is 1. The molecule has 0 heterocycles. The van der Waals surface area contributed by atoms with Crippen molar-refractivity contribution in [2.75, 3.05) is 11.9 Å². The van der Waals surface area contributed by atoms with Crippen molar-refractivity contribution in [3.05, 3.63) is 64.7 Å². The Bertz CT molecular complexity index is 684. The predicted molar refractivity (Wildman–Crippen MR) is 84.4 cm³/mol. The second-order valence-corrected chi connectivity index (χ2v) is 4.72. The van der Waals surface area contributed by atoms with Crippen molar-refractivity contribution in [3.8, 4) is 11.8 Å². The molecule has 0 atom stereocenters. The first-order valence-electron chi connectivity index (χ1n) is 6.46. The third-order valence-electron chi connectivity index (χ3n) is 2.73. The molecule has 1 amide bonds. The van der Waals surface area contributed by atoms with Crippen LogP contribution in [0.15, 0.2) is 48.5 Å². The molecule has 0 saturated heterocycles. The SMILES string of the molecule is O=C(Nc1ccc(Cl)cc1)c1ccccc1C#CCCO. The molecule has 0 bridgehead atoms. The lowest BCUT2D eigenvalue weighted by atomic mass is 10.1. The first-order valence-corrected chi connectivity index (χ1v) is 6.84. The first-order chi connectivity index (χ1) is 10.2. The summed E-state index contributed by atoms with van der Waals surface area (Å²) in [6.07, 6.45) is 0.382. The van der Waals surface area contributed by atoms with Crippen LogP contribution in [0.1, 0.15) is 22.3 Å². The van der Waals surface area contributed by atoms with Crippen molar-refractivity contribution < 1.29 is 9.90 Å². The van der Waals surface area contributed by atoms with Crippen LogP contribution in [0.25, 0.3) is 0 Å². The van der Waals surface area contributed by atoms with Gasteiger partial charge in [-0.15, -0.1) is 0 Å². The maximum atomic E-state index is 12.3. The Morgan fingerprint density at radius 2 is 1.86 bits per heavy atom. The Hall–Kier alpha value is -2.28. The molecule has 0 radical (unpaired) electrons. The first kappa shape index (κ1) is 15.1. The number of carbonyl (C=O) groups is 1. The van der Waals surface area contributed by atoms with E-state index in [2.05, 4.69) is 17.2 Å². The van der Waals surface area contributed by atoms with Gasteiger partial charge in [0.05, 0.1) is 12.2 Å². The highest BCUT2D eigenvalue weighted by Crippen LogP contribution is 2.15. The number of benzene rings is 2. The fourth-order valence-corrected chi connectivity index (χ4v) is 1.86. The van der Waals surface area contributed by atoms with Crippen molar-refractivity contribution in [2.24, 2.45) is 0 Å². The third kappa shape index (κ3) is 4.35. The lowest BCUT2D eigenvalue weighted by molar-refractivity contribution is 0.102. The fourth-order valence-electron chi connectivity index (χ4n) is 1.74. The van der Waals surface area contributed by atoms with Crippen molar-refractivity contribution in [1.29, 1.82) is 0 Å². The van der Waals surface area contributed by atoms with Crippen LogP contribution in [0.3, 0.4) is 0 Å². The zero-order valence-corrected chi connectivity index (χ0v) is 12.0. The number of anilines is 1. The number of hydrogen-bond donors (Lipinski definition) is 2. The van der Waals surface area contributed by atoms with Gasteiger partial charge in [-0.3, -0.25) is 4.79 Å². The van der Waals surface area contributed by atoms with Crippen molar-refractivity contribution >= 4 is 23.2 Å². The molecule has 0 unspecified atom stereocenters. The van der Waals surface area contributed by atoms with E-state index in [-0.39, 0.29) is 12.5 Å². The summed E-state index contributed by atoms with van der Waals surface area (Å²) in [5.74, 6) is 5.49. The molecular formula is C17H14ClNO2. The second kappa shape index (κ2) is 7.49. The Balaban J connectivity index is 2.19. The zero-order valence-electron chi connectivity index (χ0n) is 11.3. The summed E-state index contributed by atoms with van der Waals surface area (Å²) in [4.78, 5) is 12.3. The monoisotopic (exact) mass is 299 g/mol. The Kier molecular flexibility index (Phi) is 5.39. The molecule has 2 rings (SSSR count). The van der Waals surface area contributed by atoms with E-state index in [4.69, 9.17) is 16.7 Å². The summed E-state index contributed by atoms with van der Waals surface area (Å²) in [5, 5.41) is 12.2. The highest BCUT2D eigenvalue weighted by atomic mass is 35.5. The molecule has 2 aromatic carbocycles. The molecule has 0 aliphatic carbocycles. The summed E-state index contributed by atoms with van der Waals surface area (Å²) in [6.45, 7) is 0.00609. The quantitative estimate of drug-likeness (QED) is 0.854. The molecule has 0 saturated carbocycles. The average Bonchev–Trinajstić information content (AvgIpc) is 2.50. The molecule has 0 spiro atoms. The van der Waals surface area contributed by atoms with Gasteiger partial charge in [0.2, 0.25) is 0 Å². The van der Waals surface area contributed by atoms with Crippen LogP contribution in [-0.2, 0) is 0 Å². The maximum Gasteiger partial charge on any atom is 0.256 e. The number of nitrogens with one attached hydrogen (secondary N) is 1. The van der Waals surface area contributed by atoms with Crippen molar-refractivity contribution in [3.63, 3.8) is 0 Å². The Morgan fingerprint density at radius 3 is 2.57 bits per heavy atom. The minimum absolute atomic E-state index is 0.00609. The normalized spacial score (nSPS) is 9.62. The summed E-state index contributed by atoms with van der Waals surface area (Å²) in [7, 11) is 0. The van der Waals surface area contributed by atoms with Crippen molar-refractivity contribution in [2.45, 2.75) is 6.42 Å². The molecular weight excluding hydrogens is 286 g/mol. The van der Waals surface area contributed by atoms with Crippen LogP contribution in [0, 0.1) is 11.8 Å². The minimum atomic E-state index is -0.230. The van der Waals surface area contributed by atoms with E-state index in [1.165, 1.54) is 0 Å². The van der Waals surface area contributed by atoms with E-state index < -0.39 is 0 Å². The largest absolute Gasteiger partial charge is 0.395 e. The molecule has 2 N–H and O–H groups in total. The van der Waals surface area contributed by atoms with Crippen LogP contribution in [0.5, 0.6) is 0 Å². The van der Waals surface area contributed by atoms with E-state index in [9.17, 15) is 4.79 Å². The van der Waals surface area contributed by atoms with Gasteiger partial charge in [0.1, 0.15) is 0 Å². The predicted octanol–water partition coefficient (Wildman–Crippen LogP) is 3.33. The zero-order chi connectivity index (χ0) is 15.1. The van der Waals surface area contributed by atoms with Crippen LogP contribution in [0.4, 0.5) is 5.69 Å². The van der Waals surface area contributed by atoms with E-state index in [0.29, 0.717) is 28.3 Å². The van der Waals surface area contributed by atoms with Gasteiger partial charge in [-0.25, -0.2) is 0 Å². The van der Waals surface area contributed by atoms with Gasteiger partial charge >= 0.3 is 0 Å². The second-order valence-electron chi connectivity index (χ2n) is 4.28. The van der Waals surface area contributed by atoms with Gasteiger partial charge in [0.25, 0.3) is 5.91 Å². The fraction of sp³-hybridized carbons (Fsp3) is 0.118. The van der Waals surface area contributed by atoms with Crippen LogP contribution >= 0.6 is 11.6 Å².